The normalized spacial score (nSPS) is 10.2. The zero-order chi connectivity index (χ0) is 8.97. The zero-order valence-corrected chi connectivity index (χ0v) is 8.00. The molecular formula is C8H9BrO3. The lowest BCUT2D eigenvalue weighted by atomic mass is 10.2. The Bertz CT molecular complexity index is 267. The monoisotopic (exact) mass is 232 g/mol. The Hall–Kier alpha value is -0.610. The van der Waals surface area contributed by atoms with E-state index in [4.69, 9.17) is 9.52 Å². The quantitative estimate of drug-likeness (QED) is 0.809. The SMILES string of the molecule is O=C(CCCO)c1occc1Br. The fourth-order valence-electron chi connectivity index (χ4n) is 0.846. The minimum absolute atomic E-state index is 0.0318. The third-order valence-electron chi connectivity index (χ3n) is 1.43. The van der Waals surface area contributed by atoms with Gasteiger partial charge in [0.25, 0.3) is 0 Å². The van der Waals surface area contributed by atoms with Gasteiger partial charge in [0, 0.05) is 13.0 Å². The van der Waals surface area contributed by atoms with Gasteiger partial charge in [0.2, 0.25) is 0 Å². The van der Waals surface area contributed by atoms with Gasteiger partial charge in [0.1, 0.15) is 0 Å². The molecule has 66 valence electrons. The molecule has 1 aromatic rings. The van der Waals surface area contributed by atoms with Crippen molar-refractivity contribution in [2.45, 2.75) is 12.8 Å². The molecule has 0 amide bonds. The van der Waals surface area contributed by atoms with Crippen LogP contribution < -0.4 is 0 Å². The van der Waals surface area contributed by atoms with Crippen LogP contribution in [-0.2, 0) is 0 Å². The zero-order valence-electron chi connectivity index (χ0n) is 6.42. The summed E-state index contributed by atoms with van der Waals surface area (Å²) in [5, 5.41) is 8.49. The summed E-state index contributed by atoms with van der Waals surface area (Å²) < 4.78 is 5.62. The smallest absolute Gasteiger partial charge is 0.199 e. The van der Waals surface area contributed by atoms with E-state index in [1.807, 2.05) is 0 Å². The Morgan fingerprint density at radius 1 is 1.67 bits per heavy atom. The number of carbonyl (C=O) groups is 1. The summed E-state index contributed by atoms with van der Waals surface area (Å²) in [6.45, 7) is 0.0318. The van der Waals surface area contributed by atoms with Gasteiger partial charge in [0.05, 0.1) is 10.7 Å². The lowest BCUT2D eigenvalue weighted by molar-refractivity contribution is 0.0943. The van der Waals surface area contributed by atoms with Crippen LogP contribution in [0.1, 0.15) is 23.4 Å². The molecule has 0 aromatic carbocycles. The van der Waals surface area contributed by atoms with Crippen LogP contribution in [0, 0.1) is 0 Å². The summed E-state index contributed by atoms with van der Waals surface area (Å²) in [5.41, 5.74) is 0. The molecule has 0 aliphatic rings. The average molecular weight is 233 g/mol. The molecule has 1 rings (SSSR count). The number of hydrogen-bond acceptors (Lipinski definition) is 3. The van der Waals surface area contributed by atoms with Gasteiger partial charge >= 0.3 is 0 Å². The summed E-state index contributed by atoms with van der Waals surface area (Å²) in [4.78, 5) is 11.3. The van der Waals surface area contributed by atoms with Gasteiger partial charge in [-0.15, -0.1) is 0 Å². The molecule has 0 aliphatic carbocycles. The van der Waals surface area contributed by atoms with Gasteiger partial charge in [-0.05, 0) is 28.4 Å². The first kappa shape index (κ1) is 9.48. The molecule has 4 heteroatoms. The molecule has 1 aromatic heterocycles. The highest BCUT2D eigenvalue weighted by Crippen LogP contribution is 2.19. The first-order chi connectivity index (χ1) is 5.75. The number of halogens is 1. The van der Waals surface area contributed by atoms with E-state index in [1.165, 1.54) is 6.26 Å². The van der Waals surface area contributed by atoms with Gasteiger partial charge in [-0.2, -0.15) is 0 Å². The Kier molecular flexibility index (Phi) is 3.49. The van der Waals surface area contributed by atoms with Crippen molar-refractivity contribution < 1.29 is 14.3 Å². The van der Waals surface area contributed by atoms with Gasteiger partial charge < -0.3 is 9.52 Å². The van der Waals surface area contributed by atoms with Gasteiger partial charge in [-0.25, -0.2) is 0 Å². The van der Waals surface area contributed by atoms with Gasteiger partial charge in [0.15, 0.2) is 11.5 Å². The van der Waals surface area contributed by atoms with E-state index in [2.05, 4.69) is 15.9 Å². The Morgan fingerprint density at radius 2 is 2.42 bits per heavy atom. The molecule has 0 spiro atoms. The maximum atomic E-state index is 11.3. The van der Waals surface area contributed by atoms with Crippen molar-refractivity contribution in [3.63, 3.8) is 0 Å². The molecule has 0 atom stereocenters. The third-order valence-corrected chi connectivity index (χ3v) is 2.06. The third kappa shape index (κ3) is 2.19. The van der Waals surface area contributed by atoms with E-state index in [9.17, 15) is 4.79 Å². The van der Waals surface area contributed by atoms with E-state index in [1.54, 1.807) is 6.07 Å². The minimum atomic E-state index is -0.0825. The van der Waals surface area contributed by atoms with Crippen LogP contribution in [0.4, 0.5) is 0 Å². The van der Waals surface area contributed by atoms with Crippen LogP contribution in [0.15, 0.2) is 21.2 Å². The second kappa shape index (κ2) is 4.42. The standard InChI is InChI=1S/C8H9BrO3/c9-6-3-5-12-8(6)7(11)2-1-4-10/h3,5,10H,1-2,4H2. The van der Waals surface area contributed by atoms with E-state index in [-0.39, 0.29) is 12.4 Å². The summed E-state index contributed by atoms with van der Waals surface area (Å²) >= 11 is 3.18. The predicted molar refractivity (Wildman–Crippen MR) is 47.1 cm³/mol. The molecule has 0 aliphatic heterocycles. The molecular weight excluding hydrogens is 224 g/mol. The number of furan rings is 1. The topological polar surface area (TPSA) is 50.4 Å². The van der Waals surface area contributed by atoms with Crippen molar-refractivity contribution in [1.82, 2.24) is 0 Å². The second-order valence-electron chi connectivity index (χ2n) is 2.35. The number of aliphatic hydroxyl groups is 1. The molecule has 3 nitrogen and oxygen atoms in total. The van der Waals surface area contributed by atoms with E-state index in [0.29, 0.717) is 23.1 Å². The van der Waals surface area contributed by atoms with Crippen molar-refractivity contribution >= 4 is 21.7 Å². The largest absolute Gasteiger partial charge is 0.460 e. The number of aliphatic hydroxyl groups excluding tert-OH is 1. The number of carbonyl (C=O) groups excluding carboxylic acids is 1. The van der Waals surface area contributed by atoms with Crippen molar-refractivity contribution in [2.24, 2.45) is 0 Å². The second-order valence-corrected chi connectivity index (χ2v) is 3.20. The summed E-state index contributed by atoms with van der Waals surface area (Å²) in [6.07, 6.45) is 2.25. The average Bonchev–Trinajstić information content (AvgIpc) is 2.47. The van der Waals surface area contributed by atoms with Crippen LogP contribution in [0.2, 0.25) is 0 Å². The molecule has 0 saturated carbocycles. The van der Waals surface area contributed by atoms with Gasteiger partial charge in [-0.3, -0.25) is 4.79 Å². The van der Waals surface area contributed by atoms with Crippen LogP contribution in [0.25, 0.3) is 0 Å². The molecule has 12 heavy (non-hydrogen) atoms. The van der Waals surface area contributed by atoms with Crippen molar-refractivity contribution in [3.8, 4) is 0 Å². The highest BCUT2D eigenvalue weighted by Gasteiger charge is 2.12. The van der Waals surface area contributed by atoms with E-state index < -0.39 is 0 Å². The van der Waals surface area contributed by atoms with Crippen LogP contribution in [0.3, 0.4) is 0 Å². The molecule has 0 unspecified atom stereocenters. The van der Waals surface area contributed by atoms with Crippen molar-refractivity contribution in [3.05, 3.63) is 22.6 Å². The summed E-state index contributed by atoms with van der Waals surface area (Å²) in [7, 11) is 0. The molecule has 1 heterocycles. The van der Waals surface area contributed by atoms with Gasteiger partial charge in [-0.1, -0.05) is 0 Å². The molecule has 0 fully saturated rings. The number of hydrogen-bond donors (Lipinski definition) is 1. The highest BCUT2D eigenvalue weighted by atomic mass is 79.9. The Morgan fingerprint density at radius 3 is 2.92 bits per heavy atom. The fourth-order valence-corrected chi connectivity index (χ4v) is 1.27. The lowest BCUT2D eigenvalue weighted by Crippen LogP contribution is -1.99. The summed E-state index contributed by atoms with van der Waals surface area (Å²) in [5.74, 6) is 0.254. The number of Topliss-reactive ketones (excluding diaryl/α,β-unsaturated/α-hetero) is 1. The number of rotatable bonds is 4. The lowest BCUT2D eigenvalue weighted by Gasteiger charge is -1.94. The minimum Gasteiger partial charge on any atom is -0.460 e. The van der Waals surface area contributed by atoms with Crippen LogP contribution in [-0.4, -0.2) is 17.5 Å². The maximum absolute atomic E-state index is 11.3. The first-order valence-electron chi connectivity index (χ1n) is 3.62. The van der Waals surface area contributed by atoms with Crippen molar-refractivity contribution in [2.75, 3.05) is 6.61 Å². The van der Waals surface area contributed by atoms with Crippen molar-refractivity contribution in [1.29, 1.82) is 0 Å². The Labute approximate surface area is 78.5 Å². The molecule has 0 saturated heterocycles. The Balaban J connectivity index is 2.59. The molecule has 0 bridgehead atoms. The highest BCUT2D eigenvalue weighted by molar-refractivity contribution is 9.10. The molecule has 1 N–H and O–H groups in total. The summed E-state index contributed by atoms with van der Waals surface area (Å²) in [6, 6.07) is 1.67. The number of ketones is 1. The van der Waals surface area contributed by atoms with Crippen LogP contribution in [0.5, 0.6) is 0 Å². The van der Waals surface area contributed by atoms with Crippen LogP contribution >= 0.6 is 15.9 Å². The maximum Gasteiger partial charge on any atom is 0.199 e. The first-order valence-corrected chi connectivity index (χ1v) is 4.42. The fraction of sp³-hybridized carbons (Fsp3) is 0.375. The molecule has 0 radical (unpaired) electrons. The predicted octanol–water partition coefficient (Wildman–Crippen LogP) is 2.00. The van der Waals surface area contributed by atoms with E-state index in [0.717, 1.165) is 0 Å². The van der Waals surface area contributed by atoms with E-state index >= 15 is 0 Å².